The number of azide groups is 2. The van der Waals surface area contributed by atoms with E-state index in [2.05, 4.69) is 19.7 Å². The second-order valence-electron chi connectivity index (χ2n) is 6.45. The molecule has 0 radical (unpaired) electrons. The van der Waals surface area contributed by atoms with Gasteiger partial charge in [-0.05, 0) is 11.1 Å². The summed E-state index contributed by atoms with van der Waals surface area (Å²) in [5.41, 5.74) is 2.74. The standard InChI is InChI=1S/C16H6F10N6O4/c17-3-7(29-31-27)4(18)10(22)15(25,9(3)21)13(33)35-1-2-36-14(34)16(26)11(23)5(19)8(30-32-28)6(20)12(16)24/h9,11H,1-2H2. The maximum atomic E-state index is 14.6. The molecule has 2 aliphatic carbocycles. The second kappa shape index (κ2) is 10.2. The molecule has 0 saturated carbocycles. The van der Waals surface area contributed by atoms with Crippen LogP contribution in [0.25, 0.3) is 20.9 Å². The quantitative estimate of drug-likeness (QED) is 0.106. The van der Waals surface area contributed by atoms with Gasteiger partial charge in [-0.1, -0.05) is 10.2 Å². The van der Waals surface area contributed by atoms with E-state index in [1.54, 1.807) is 0 Å². The van der Waals surface area contributed by atoms with E-state index in [1.165, 1.54) is 0 Å². The summed E-state index contributed by atoms with van der Waals surface area (Å²) in [6.07, 6.45) is -7.86. The Labute approximate surface area is 190 Å². The SMILES string of the molecule is [N-]=[N+]=NC1=C(F)C(F)C(F)(C(=O)OCCOC(=O)C2(F)C(F)=C(F)C(N=[N+]=[N-])=C(F)C2F)C(F)=C1F. The highest BCUT2D eigenvalue weighted by Crippen LogP contribution is 2.46. The molecule has 0 aromatic carbocycles. The molecule has 0 spiro atoms. The van der Waals surface area contributed by atoms with Crippen LogP contribution in [0, 0.1) is 0 Å². The maximum absolute atomic E-state index is 14.6. The fourth-order valence-corrected chi connectivity index (χ4v) is 2.69. The van der Waals surface area contributed by atoms with Gasteiger partial charge in [0.2, 0.25) is 12.3 Å². The van der Waals surface area contributed by atoms with Crippen LogP contribution in [0.1, 0.15) is 0 Å². The Balaban J connectivity index is 2.14. The second-order valence-corrected chi connectivity index (χ2v) is 6.45. The lowest BCUT2D eigenvalue weighted by Gasteiger charge is -2.29. The third-order valence-corrected chi connectivity index (χ3v) is 4.47. The third kappa shape index (κ3) is 4.20. The average Bonchev–Trinajstić information content (AvgIpc) is 2.86. The molecule has 0 aromatic rings. The predicted molar refractivity (Wildman–Crippen MR) is 92.4 cm³/mol. The van der Waals surface area contributed by atoms with Crippen molar-refractivity contribution in [1.82, 2.24) is 0 Å². The molecule has 0 aliphatic heterocycles. The zero-order valence-electron chi connectivity index (χ0n) is 16.7. The predicted octanol–water partition coefficient (Wildman–Crippen LogP) is 5.48. The zero-order chi connectivity index (χ0) is 27.6. The van der Waals surface area contributed by atoms with E-state index in [1.807, 2.05) is 9.82 Å². The summed E-state index contributed by atoms with van der Waals surface area (Å²) in [5, 5.41) is 4.54. The molecule has 0 bridgehead atoms. The Kier molecular flexibility index (Phi) is 7.95. The van der Waals surface area contributed by atoms with Crippen molar-refractivity contribution in [3.8, 4) is 0 Å². The van der Waals surface area contributed by atoms with Gasteiger partial charge in [0.25, 0.3) is 11.3 Å². The summed E-state index contributed by atoms with van der Waals surface area (Å²) in [6.45, 7) is -3.01. The van der Waals surface area contributed by atoms with Crippen molar-refractivity contribution in [3.05, 3.63) is 67.2 Å². The smallest absolute Gasteiger partial charge is 0.355 e. The van der Waals surface area contributed by atoms with Crippen LogP contribution in [0.2, 0.25) is 0 Å². The Bertz CT molecular complexity index is 1140. The molecule has 0 N–H and O–H groups in total. The van der Waals surface area contributed by atoms with Crippen molar-refractivity contribution in [2.75, 3.05) is 13.2 Å². The van der Waals surface area contributed by atoms with Crippen molar-refractivity contribution in [3.63, 3.8) is 0 Å². The summed E-state index contributed by atoms with van der Waals surface area (Å²) in [4.78, 5) is 27.2. The number of nitrogens with zero attached hydrogens (tertiary/aromatic N) is 6. The first-order chi connectivity index (χ1) is 16.7. The molecule has 0 aromatic heterocycles. The third-order valence-electron chi connectivity index (χ3n) is 4.47. The molecular weight excluding hydrogens is 530 g/mol. The number of allylic oxidation sites excluding steroid dienone is 4. The molecule has 20 heteroatoms. The van der Waals surface area contributed by atoms with Crippen molar-refractivity contribution in [2.24, 2.45) is 10.2 Å². The van der Waals surface area contributed by atoms with Crippen LogP contribution in [0.3, 0.4) is 0 Å². The number of hydrogen-bond donors (Lipinski definition) is 0. The van der Waals surface area contributed by atoms with Gasteiger partial charge in [-0.25, -0.2) is 53.5 Å². The number of hydrogen-bond acceptors (Lipinski definition) is 6. The molecule has 4 unspecified atom stereocenters. The lowest BCUT2D eigenvalue weighted by molar-refractivity contribution is -0.169. The van der Waals surface area contributed by atoms with Gasteiger partial charge in [-0.3, -0.25) is 0 Å². The number of carbonyl (C=O) groups excluding carboxylic acids is 2. The molecule has 0 saturated heterocycles. The van der Waals surface area contributed by atoms with E-state index < -0.39 is 95.2 Å². The molecular formula is C16H6F10N6O4. The normalized spacial score (nSPS) is 28.5. The molecule has 0 amide bonds. The van der Waals surface area contributed by atoms with Crippen LogP contribution in [0.4, 0.5) is 43.9 Å². The minimum atomic E-state index is -4.81. The number of rotatable bonds is 7. The topological polar surface area (TPSA) is 150 Å². The lowest BCUT2D eigenvalue weighted by Crippen LogP contribution is -2.49. The first-order valence-corrected chi connectivity index (χ1v) is 8.74. The molecule has 2 aliphatic rings. The highest BCUT2D eigenvalue weighted by molar-refractivity contribution is 5.86. The van der Waals surface area contributed by atoms with Crippen molar-refractivity contribution >= 4 is 11.9 Å². The summed E-state index contributed by atoms with van der Waals surface area (Å²) >= 11 is 0. The van der Waals surface area contributed by atoms with Crippen LogP contribution in [0.15, 0.2) is 56.6 Å². The van der Waals surface area contributed by atoms with Crippen LogP contribution < -0.4 is 0 Å². The van der Waals surface area contributed by atoms with Crippen molar-refractivity contribution in [2.45, 2.75) is 23.7 Å². The fraction of sp³-hybridized carbons (Fsp3) is 0.375. The minimum Gasteiger partial charge on any atom is -0.459 e. The number of halogens is 10. The Morgan fingerprint density at radius 1 is 0.750 bits per heavy atom. The summed E-state index contributed by atoms with van der Waals surface area (Å²) in [7, 11) is 0. The molecule has 36 heavy (non-hydrogen) atoms. The highest BCUT2D eigenvalue weighted by Gasteiger charge is 2.61. The van der Waals surface area contributed by atoms with Crippen LogP contribution in [-0.2, 0) is 19.1 Å². The molecule has 0 fully saturated rings. The van der Waals surface area contributed by atoms with Gasteiger partial charge in [0.15, 0.2) is 35.0 Å². The van der Waals surface area contributed by atoms with E-state index in [-0.39, 0.29) is 0 Å². The molecule has 4 atom stereocenters. The largest absolute Gasteiger partial charge is 0.459 e. The van der Waals surface area contributed by atoms with Gasteiger partial charge in [0, 0.05) is 9.82 Å². The first-order valence-electron chi connectivity index (χ1n) is 8.74. The van der Waals surface area contributed by atoms with Crippen molar-refractivity contribution in [1.29, 1.82) is 0 Å². The van der Waals surface area contributed by atoms with Gasteiger partial charge in [-0.2, -0.15) is 0 Å². The lowest BCUT2D eigenvalue weighted by atomic mass is 9.91. The molecule has 194 valence electrons. The maximum Gasteiger partial charge on any atom is 0.355 e. The summed E-state index contributed by atoms with van der Waals surface area (Å²) in [6, 6.07) is 0. The summed E-state index contributed by atoms with van der Waals surface area (Å²) in [5.74, 6) is -21.5. The number of carbonyl (C=O) groups is 2. The van der Waals surface area contributed by atoms with Crippen LogP contribution in [-0.4, -0.2) is 48.8 Å². The molecule has 10 nitrogen and oxygen atoms in total. The number of alkyl halides is 4. The van der Waals surface area contributed by atoms with E-state index in [0.717, 1.165) is 0 Å². The van der Waals surface area contributed by atoms with Gasteiger partial charge in [0.05, 0.1) is 0 Å². The first kappa shape index (κ1) is 28.1. The van der Waals surface area contributed by atoms with E-state index in [9.17, 15) is 53.5 Å². The molecule has 2 rings (SSSR count). The highest BCUT2D eigenvalue weighted by atomic mass is 19.2. The number of ether oxygens (including phenoxy) is 2. The van der Waals surface area contributed by atoms with E-state index in [4.69, 9.17) is 11.1 Å². The van der Waals surface area contributed by atoms with Crippen LogP contribution >= 0.6 is 0 Å². The van der Waals surface area contributed by atoms with E-state index in [0.29, 0.717) is 0 Å². The monoisotopic (exact) mass is 536 g/mol. The van der Waals surface area contributed by atoms with Crippen molar-refractivity contribution < 1.29 is 63.0 Å². The van der Waals surface area contributed by atoms with Gasteiger partial charge >= 0.3 is 11.9 Å². The Morgan fingerprint density at radius 3 is 1.33 bits per heavy atom. The van der Waals surface area contributed by atoms with E-state index >= 15 is 0 Å². The van der Waals surface area contributed by atoms with Gasteiger partial charge in [-0.15, -0.1) is 0 Å². The summed E-state index contributed by atoms with van der Waals surface area (Å²) < 4.78 is 148. The van der Waals surface area contributed by atoms with Gasteiger partial charge in [0.1, 0.15) is 24.6 Å². The molecule has 0 heterocycles. The number of esters is 2. The van der Waals surface area contributed by atoms with Crippen LogP contribution in [0.5, 0.6) is 0 Å². The fourth-order valence-electron chi connectivity index (χ4n) is 2.69. The minimum absolute atomic E-state index is 1.50. The Morgan fingerprint density at radius 2 is 1.06 bits per heavy atom. The van der Waals surface area contributed by atoms with Gasteiger partial charge < -0.3 is 9.47 Å². The average molecular weight is 536 g/mol. The zero-order valence-corrected chi connectivity index (χ0v) is 16.7. The Hall–Kier alpha value is -4.18.